The standard InChI is InChI=1S/C21H28N4O2S/c1-4-12-28-13-8-11-22-21(27)17(5-2)25-18-10-7-6-9-16(18)20-23-19(26)14-15(3)24(20)25/h6-7,9-10,14,17H,4-5,8,11-13H2,1-3H3,(H,22,27). The number of carbonyl (C=O) groups excluding carboxylic acids is 1. The highest BCUT2D eigenvalue weighted by molar-refractivity contribution is 7.99. The molecular weight excluding hydrogens is 372 g/mol. The van der Waals surface area contributed by atoms with E-state index in [0.29, 0.717) is 18.6 Å². The topological polar surface area (TPSA) is 68.4 Å². The molecule has 0 fully saturated rings. The predicted molar refractivity (Wildman–Crippen MR) is 116 cm³/mol. The fourth-order valence-electron chi connectivity index (χ4n) is 3.53. The van der Waals surface area contributed by atoms with Gasteiger partial charge in [0.2, 0.25) is 5.91 Å². The minimum atomic E-state index is -0.367. The van der Waals surface area contributed by atoms with Gasteiger partial charge in [-0.2, -0.15) is 16.7 Å². The molecule has 0 radical (unpaired) electrons. The molecule has 7 heteroatoms. The molecule has 0 bridgehead atoms. The van der Waals surface area contributed by atoms with Crippen molar-refractivity contribution in [3.63, 3.8) is 0 Å². The molecule has 0 aliphatic carbocycles. The molecule has 3 aromatic rings. The second kappa shape index (κ2) is 9.28. The zero-order valence-electron chi connectivity index (χ0n) is 16.8. The number of amides is 1. The average molecular weight is 401 g/mol. The van der Waals surface area contributed by atoms with Crippen molar-refractivity contribution in [2.24, 2.45) is 0 Å². The molecule has 150 valence electrons. The van der Waals surface area contributed by atoms with Gasteiger partial charge in [0.1, 0.15) is 6.04 Å². The van der Waals surface area contributed by atoms with Gasteiger partial charge in [-0.25, -0.2) is 4.52 Å². The van der Waals surface area contributed by atoms with E-state index in [4.69, 9.17) is 0 Å². The van der Waals surface area contributed by atoms with Crippen molar-refractivity contribution in [3.05, 3.63) is 46.4 Å². The fraction of sp³-hybridized carbons (Fsp3) is 0.476. The maximum absolute atomic E-state index is 13.0. The van der Waals surface area contributed by atoms with Gasteiger partial charge in [0.05, 0.1) is 5.52 Å². The Morgan fingerprint density at radius 3 is 2.79 bits per heavy atom. The van der Waals surface area contributed by atoms with Gasteiger partial charge in [0.15, 0.2) is 5.65 Å². The van der Waals surface area contributed by atoms with Crippen molar-refractivity contribution < 1.29 is 4.79 Å². The number of aromatic nitrogens is 3. The van der Waals surface area contributed by atoms with Crippen molar-refractivity contribution in [1.82, 2.24) is 19.5 Å². The number of hydrogen-bond donors (Lipinski definition) is 1. The Bertz CT molecular complexity index is 1020. The van der Waals surface area contributed by atoms with Gasteiger partial charge in [-0.05, 0) is 49.8 Å². The lowest BCUT2D eigenvalue weighted by molar-refractivity contribution is -0.124. The van der Waals surface area contributed by atoms with Gasteiger partial charge < -0.3 is 5.32 Å². The van der Waals surface area contributed by atoms with Crippen LogP contribution in [0.3, 0.4) is 0 Å². The summed E-state index contributed by atoms with van der Waals surface area (Å²) in [7, 11) is 0. The summed E-state index contributed by atoms with van der Waals surface area (Å²) < 4.78 is 3.88. The minimum Gasteiger partial charge on any atom is -0.354 e. The summed E-state index contributed by atoms with van der Waals surface area (Å²) in [5.41, 5.74) is 2.02. The summed E-state index contributed by atoms with van der Waals surface area (Å²) in [6.45, 7) is 6.74. The van der Waals surface area contributed by atoms with Gasteiger partial charge in [-0.1, -0.05) is 26.0 Å². The number of nitrogens with one attached hydrogen (secondary N) is 1. The van der Waals surface area contributed by atoms with Crippen LogP contribution >= 0.6 is 11.8 Å². The zero-order valence-corrected chi connectivity index (χ0v) is 17.6. The van der Waals surface area contributed by atoms with E-state index in [0.717, 1.165) is 34.5 Å². The van der Waals surface area contributed by atoms with Crippen molar-refractivity contribution in [2.75, 3.05) is 18.1 Å². The Hall–Kier alpha value is -2.28. The molecule has 0 spiro atoms. The summed E-state index contributed by atoms with van der Waals surface area (Å²) in [6, 6.07) is 8.94. The maximum Gasteiger partial charge on any atom is 0.273 e. The number of aryl methyl sites for hydroxylation is 1. The van der Waals surface area contributed by atoms with E-state index in [-0.39, 0.29) is 17.5 Å². The first kappa shape index (κ1) is 20.5. The highest BCUT2D eigenvalue weighted by atomic mass is 32.2. The quantitative estimate of drug-likeness (QED) is 0.558. The third-order valence-electron chi connectivity index (χ3n) is 4.79. The summed E-state index contributed by atoms with van der Waals surface area (Å²) in [6.07, 6.45) is 2.79. The van der Waals surface area contributed by atoms with E-state index in [9.17, 15) is 9.59 Å². The van der Waals surface area contributed by atoms with Crippen LogP contribution in [0.25, 0.3) is 16.6 Å². The predicted octanol–water partition coefficient (Wildman–Crippen LogP) is 3.56. The number of para-hydroxylation sites is 1. The summed E-state index contributed by atoms with van der Waals surface area (Å²) >= 11 is 1.93. The summed E-state index contributed by atoms with van der Waals surface area (Å²) in [5, 5.41) is 3.97. The first-order valence-corrected chi connectivity index (χ1v) is 11.1. The number of carbonyl (C=O) groups is 1. The molecule has 3 rings (SSSR count). The zero-order chi connectivity index (χ0) is 20.1. The van der Waals surface area contributed by atoms with Gasteiger partial charge in [-0.3, -0.25) is 14.3 Å². The molecule has 2 heterocycles. The Balaban J connectivity index is 1.93. The van der Waals surface area contributed by atoms with Crippen LogP contribution < -0.4 is 10.9 Å². The van der Waals surface area contributed by atoms with E-state index in [1.807, 2.05) is 59.1 Å². The highest BCUT2D eigenvalue weighted by Gasteiger charge is 2.24. The van der Waals surface area contributed by atoms with E-state index < -0.39 is 0 Å². The first-order chi connectivity index (χ1) is 13.6. The number of nitrogens with zero attached hydrogens (tertiary/aromatic N) is 3. The molecule has 0 aliphatic rings. The first-order valence-electron chi connectivity index (χ1n) is 9.93. The van der Waals surface area contributed by atoms with Crippen LogP contribution in [-0.2, 0) is 4.79 Å². The number of rotatable bonds is 9. The number of fused-ring (bicyclic) bond motifs is 3. The Morgan fingerprint density at radius 1 is 1.25 bits per heavy atom. The molecular formula is C21H28N4O2S. The SMILES string of the molecule is CCCSCCCNC(=O)C(CC)n1c2ccccc2c2nc(=O)cc(C)n21. The van der Waals surface area contributed by atoms with Gasteiger partial charge in [0.25, 0.3) is 5.56 Å². The molecule has 1 amide bonds. The Morgan fingerprint density at radius 2 is 2.04 bits per heavy atom. The third kappa shape index (κ3) is 4.09. The van der Waals surface area contributed by atoms with E-state index in [2.05, 4.69) is 17.2 Å². The van der Waals surface area contributed by atoms with Gasteiger partial charge in [-0.15, -0.1) is 0 Å². The lowest BCUT2D eigenvalue weighted by Crippen LogP contribution is -2.35. The number of benzene rings is 1. The third-order valence-corrected chi connectivity index (χ3v) is 6.06. The molecule has 1 unspecified atom stereocenters. The van der Waals surface area contributed by atoms with E-state index in [1.54, 1.807) is 0 Å². The van der Waals surface area contributed by atoms with Crippen LogP contribution in [0.5, 0.6) is 0 Å². The summed E-state index contributed by atoms with van der Waals surface area (Å²) in [5.74, 6) is 2.23. The van der Waals surface area contributed by atoms with Crippen molar-refractivity contribution in [1.29, 1.82) is 0 Å². The van der Waals surface area contributed by atoms with Gasteiger partial charge >= 0.3 is 0 Å². The molecule has 0 saturated carbocycles. The second-order valence-electron chi connectivity index (χ2n) is 6.91. The van der Waals surface area contributed by atoms with Crippen LogP contribution in [0.15, 0.2) is 35.1 Å². The molecule has 28 heavy (non-hydrogen) atoms. The van der Waals surface area contributed by atoms with Crippen molar-refractivity contribution in [2.45, 2.75) is 46.1 Å². The number of hydrogen-bond acceptors (Lipinski definition) is 4. The van der Waals surface area contributed by atoms with Crippen LogP contribution in [-0.4, -0.2) is 38.1 Å². The molecule has 2 aromatic heterocycles. The molecule has 1 N–H and O–H groups in total. The van der Waals surface area contributed by atoms with E-state index in [1.165, 1.54) is 12.5 Å². The summed E-state index contributed by atoms with van der Waals surface area (Å²) in [4.78, 5) is 29.2. The number of thioether (sulfide) groups is 1. The molecule has 0 saturated heterocycles. The highest BCUT2D eigenvalue weighted by Crippen LogP contribution is 2.26. The van der Waals surface area contributed by atoms with Crippen LogP contribution in [0, 0.1) is 6.92 Å². The van der Waals surface area contributed by atoms with Gasteiger partial charge in [0, 0.05) is 23.7 Å². The Kier molecular flexibility index (Phi) is 6.78. The second-order valence-corrected chi connectivity index (χ2v) is 8.14. The molecule has 6 nitrogen and oxygen atoms in total. The van der Waals surface area contributed by atoms with Crippen LogP contribution in [0.4, 0.5) is 0 Å². The monoisotopic (exact) mass is 400 g/mol. The average Bonchev–Trinajstić information content (AvgIpc) is 3.00. The molecule has 1 atom stereocenters. The van der Waals surface area contributed by atoms with Crippen LogP contribution in [0.2, 0.25) is 0 Å². The maximum atomic E-state index is 13.0. The van der Waals surface area contributed by atoms with Crippen molar-refractivity contribution >= 4 is 34.2 Å². The normalized spacial score (nSPS) is 12.5. The van der Waals surface area contributed by atoms with Crippen LogP contribution in [0.1, 0.15) is 44.8 Å². The molecule has 1 aromatic carbocycles. The largest absolute Gasteiger partial charge is 0.354 e. The smallest absolute Gasteiger partial charge is 0.273 e. The minimum absolute atomic E-state index is 0.00347. The molecule has 0 aliphatic heterocycles. The fourth-order valence-corrected chi connectivity index (χ4v) is 4.38. The van der Waals surface area contributed by atoms with Crippen molar-refractivity contribution in [3.8, 4) is 0 Å². The lowest BCUT2D eigenvalue weighted by atomic mass is 10.2. The van der Waals surface area contributed by atoms with E-state index >= 15 is 0 Å². The lowest BCUT2D eigenvalue weighted by Gasteiger charge is -2.20. The Labute approximate surface area is 169 Å².